The molecule has 1 heterocycles. The van der Waals surface area contributed by atoms with Crippen molar-refractivity contribution in [2.24, 2.45) is 0 Å². The lowest BCUT2D eigenvalue weighted by atomic mass is 10.1. The third kappa shape index (κ3) is 3.92. The van der Waals surface area contributed by atoms with Crippen LogP contribution in [0.3, 0.4) is 0 Å². The topological polar surface area (TPSA) is 59.1 Å². The molecule has 0 atom stereocenters. The van der Waals surface area contributed by atoms with Crippen LogP contribution in [0.1, 0.15) is 5.56 Å². The van der Waals surface area contributed by atoms with E-state index in [-0.39, 0.29) is 22.4 Å². The van der Waals surface area contributed by atoms with Gasteiger partial charge in [0, 0.05) is 29.8 Å². The molecule has 0 aliphatic carbocycles. The van der Waals surface area contributed by atoms with Gasteiger partial charge in [0.15, 0.2) is 0 Å². The normalized spacial score (nSPS) is 11.7. The van der Waals surface area contributed by atoms with Crippen molar-refractivity contribution >= 4 is 20.9 Å². The van der Waals surface area contributed by atoms with Gasteiger partial charge < -0.3 is 0 Å². The summed E-state index contributed by atoms with van der Waals surface area (Å²) in [6.45, 7) is -0.128. The molecule has 3 aromatic carbocycles. The minimum atomic E-state index is -3.90. The van der Waals surface area contributed by atoms with Crippen molar-refractivity contribution in [2.45, 2.75) is 11.4 Å². The van der Waals surface area contributed by atoms with Crippen molar-refractivity contribution in [1.82, 2.24) is 9.71 Å². The number of sulfonamides is 1. The fourth-order valence-corrected chi connectivity index (χ4v) is 4.18. The summed E-state index contributed by atoms with van der Waals surface area (Å²) in [6.07, 6.45) is 1.48. The van der Waals surface area contributed by atoms with Crippen LogP contribution in [-0.2, 0) is 16.6 Å². The average molecular weight is 428 g/mol. The van der Waals surface area contributed by atoms with E-state index in [0.29, 0.717) is 16.6 Å². The maximum atomic E-state index is 14.2. The maximum Gasteiger partial charge on any atom is 0.240 e. The summed E-state index contributed by atoms with van der Waals surface area (Å²) in [5.41, 5.74) is 1.45. The zero-order valence-corrected chi connectivity index (χ0v) is 16.3. The third-order valence-electron chi connectivity index (χ3n) is 4.66. The maximum absolute atomic E-state index is 14.2. The molecule has 1 aromatic heterocycles. The van der Waals surface area contributed by atoms with Crippen LogP contribution in [0.5, 0.6) is 0 Å². The smallest absolute Gasteiger partial charge is 0.240 e. The molecule has 30 heavy (non-hydrogen) atoms. The van der Waals surface area contributed by atoms with Crippen molar-refractivity contribution in [2.75, 3.05) is 0 Å². The Labute approximate surface area is 171 Å². The molecule has 0 amide bonds. The Morgan fingerprint density at radius 3 is 2.37 bits per heavy atom. The average Bonchev–Trinajstić information content (AvgIpc) is 2.72. The first-order valence-electron chi connectivity index (χ1n) is 8.92. The number of nitrogens with one attached hydrogen (secondary N) is 1. The summed E-state index contributed by atoms with van der Waals surface area (Å²) < 4.78 is 68.9. The minimum Gasteiger partial charge on any atom is -0.256 e. The Balaban J connectivity index is 1.57. The zero-order valence-electron chi connectivity index (χ0n) is 15.4. The monoisotopic (exact) mass is 428 g/mol. The second-order valence-corrected chi connectivity index (χ2v) is 8.34. The lowest BCUT2D eigenvalue weighted by molar-refractivity contribution is 0.581. The van der Waals surface area contributed by atoms with Gasteiger partial charge in [0.2, 0.25) is 10.0 Å². The fraction of sp³-hybridized carbons (Fsp3) is 0.0455. The first-order valence-corrected chi connectivity index (χ1v) is 10.4. The quantitative estimate of drug-likeness (QED) is 0.497. The van der Waals surface area contributed by atoms with E-state index < -0.39 is 27.5 Å². The van der Waals surface area contributed by atoms with Crippen molar-refractivity contribution in [1.29, 1.82) is 0 Å². The number of halogens is 3. The van der Waals surface area contributed by atoms with Crippen LogP contribution < -0.4 is 4.72 Å². The third-order valence-corrected chi connectivity index (χ3v) is 6.08. The number of fused-ring (bicyclic) bond motifs is 1. The van der Waals surface area contributed by atoms with Gasteiger partial charge in [-0.1, -0.05) is 18.2 Å². The summed E-state index contributed by atoms with van der Waals surface area (Å²) in [5.74, 6) is -1.92. The highest BCUT2D eigenvalue weighted by Crippen LogP contribution is 2.25. The van der Waals surface area contributed by atoms with E-state index in [1.165, 1.54) is 48.7 Å². The number of hydrogen-bond acceptors (Lipinski definition) is 3. The molecule has 0 radical (unpaired) electrons. The van der Waals surface area contributed by atoms with Crippen LogP contribution in [0.25, 0.3) is 22.0 Å². The Kier molecular flexibility index (Phi) is 5.27. The van der Waals surface area contributed by atoms with Gasteiger partial charge in [0.1, 0.15) is 17.5 Å². The van der Waals surface area contributed by atoms with Gasteiger partial charge in [-0.05, 0) is 53.6 Å². The van der Waals surface area contributed by atoms with Crippen LogP contribution in [0.2, 0.25) is 0 Å². The Bertz CT molecular complexity index is 1340. The molecule has 0 saturated heterocycles. The zero-order chi connectivity index (χ0) is 21.3. The predicted octanol–water partition coefficient (Wildman–Crippen LogP) is 4.80. The summed E-state index contributed by atoms with van der Waals surface area (Å²) >= 11 is 0. The number of hydrogen-bond donors (Lipinski definition) is 1. The fourth-order valence-electron chi connectivity index (χ4n) is 3.17. The van der Waals surface area contributed by atoms with Crippen LogP contribution in [0.15, 0.2) is 77.8 Å². The van der Waals surface area contributed by atoms with E-state index in [1.807, 2.05) is 0 Å². The van der Waals surface area contributed by atoms with Crippen LogP contribution in [-0.4, -0.2) is 13.4 Å². The van der Waals surface area contributed by atoms with Crippen molar-refractivity contribution in [3.8, 4) is 11.1 Å². The van der Waals surface area contributed by atoms with Crippen LogP contribution in [0, 0.1) is 17.5 Å². The van der Waals surface area contributed by atoms with Gasteiger partial charge in [0.05, 0.1) is 10.4 Å². The van der Waals surface area contributed by atoms with E-state index in [4.69, 9.17) is 0 Å². The van der Waals surface area contributed by atoms with Crippen molar-refractivity contribution in [3.63, 3.8) is 0 Å². The molecule has 0 aliphatic heterocycles. The highest BCUT2D eigenvalue weighted by Gasteiger charge is 2.16. The molecular weight excluding hydrogens is 413 g/mol. The molecular formula is C22H15F3N2O2S. The predicted molar refractivity (Wildman–Crippen MR) is 108 cm³/mol. The van der Waals surface area contributed by atoms with Crippen molar-refractivity contribution < 1.29 is 21.6 Å². The molecule has 8 heteroatoms. The lowest BCUT2D eigenvalue weighted by Gasteiger charge is -2.10. The second kappa shape index (κ2) is 7.89. The van der Waals surface area contributed by atoms with E-state index in [1.54, 1.807) is 12.1 Å². The molecule has 0 spiro atoms. The molecule has 0 bridgehead atoms. The highest BCUT2D eigenvalue weighted by atomic mass is 32.2. The number of nitrogens with zero attached hydrogens (tertiary/aromatic N) is 1. The molecule has 0 fully saturated rings. The number of rotatable bonds is 5. The molecule has 4 nitrogen and oxygen atoms in total. The Morgan fingerprint density at radius 2 is 1.63 bits per heavy atom. The summed E-state index contributed by atoms with van der Waals surface area (Å²) in [4.78, 5) is 4.05. The van der Waals surface area contributed by atoms with E-state index in [2.05, 4.69) is 9.71 Å². The van der Waals surface area contributed by atoms with Gasteiger partial charge >= 0.3 is 0 Å². The minimum absolute atomic E-state index is 0.0346. The standard InChI is InChI=1S/C22H15F3N2O2S/c23-16-6-9-18(20(25)12-16)14-4-7-17(8-5-14)30(28,29)27-13-15-10-11-26-21-3-1-2-19(24)22(15)21/h1-12,27H,13H2. The molecule has 4 rings (SSSR count). The van der Waals surface area contributed by atoms with Gasteiger partial charge in [-0.15, -0.1) is 0 Å². The van der Waals surface area contributed by atoms with Gasteiger partial charge in [-0.3, -0.25) is 4.98 Å². The lowest BCUT2D eigenvalue weighted by Crippen LogP contribution is -2.23. The first-order chi connectivity index (χ1) is 14.3. The molecule has 0 aliphatic rings. The largest absolute Gasteiger partial charge is 0.256 e. The van der Waals surface area contributed by atoms with Gasteiger partial charge in [-0.25, -0.2) is 26.3 Å². The summed E-state index contributed by atoms with van der Waals surface area (Å²) in [7, 11) is -3.90. The Hall–Kier alpha value is -3.23. The molecule has 0 saturated carbocycles. The van der Waals surface area contributed by atoms with E-state index >= 15 is 0 Å². The van der Waals surface area contributed by atoms with Crippen molar-refractivity contribution in [3.05, 3.63) is 95.9 Å². The van der Waals surface area contributed by atoms with Crippen LogP contribution in [0.4, 0.5) is 13.2 Å². The molecule has 0 unspecified atom stereocenters. The summed E-state index contributed by atoms with van der Waals surface area (Å²) in [6, 6.07) is 14.7. The first kappa shape index (κ1) is 20.1. The van der Waals surface area contributed by atoms with Gasteiger partial charge in [0.25, 0.3) is 0 Å². The number of benzene rings is 3. The second-order valence-electron chi connectivity index (χ2n) is 6.58. The SMILES string of the molecule is O=S(=O)(NCc1ccnc2cccc(F)c12)c1ccc(-c2ccc(F)cc2F)cc1. The molecule has 4 aromatic rings. The molecule has 152 valence electrons. The number of pyridine rings is 1. The number of aromatic nitrogens is 1. The highest BCUT2D eigenvalue weighted by molar-refractivity contribution is 7.89. The Morgan fingerprint density at radius 1 is 0.867 bits per heavy atom. The van der Waals surface area contributed by atoms with E-state index in [0.717, 1.165) is 12.1 Å². The van der Waals surface area contributed by atoms with E-state index in [9.17, 15) is 21.6 Å². The molecule has 1 N–H and O–H groups in total. The van der Waals surface area contributed by atoms with Crippen LogP contribution >= 0.6 is 0 Å². The summed E-state index contributed by atoms with van der Waals surface area (Å²) in [5, 5.41) is 0.254. The van der Waals surface area contributed by atoms with Gasteiger partial charge in [-0.2, -0.15) is 0 Å².